The molecule has 0 bridgehead atoms. The largest absolute Gasteiger partial charge is 0.573 e. The lowest BCUT2D eigenvalue weighted by Crippen LogP contribution is -2.30. The number of aryl methyl sites for hydroxylation is 1. The number of carbonyl (C=O) groups excluding carboxylic acids is 1. The van der Waals surface area contributed by atoms with Crippen molar-refractivity contribution < 1.29 is 22.7 Å². The molecule has 0 unspecified atom stereocenters. The van der Waals surface area contributed by atoms with E-state index in [0.717, 1.165) is 5.56 Å². The van der Waals surface area contributed by atoms with Crippen LogP contribution in [0, 0.1) is 6.92 Å². The second-order valence-electron chi connectivity index (χ2n) is 6.74. The van der Waals surface area contributed by atoms with Crippen LogP contribution in [0.15, 0.2) is 53.3 Å². The number of nitrogens with zero attached hydrogens (tertiary/aromatic N) is 1. The molecule has 0 fully saturated rings. The molecule has 3 N–H and O–H groups in total. The highest BCUT2D eigenvalue weighted by molar-refractivity contribution is 5.89. The third-order valence-electron chi connectivity index (χ3n) is 4.58. The van der Waals surface area contributed by atoms with Crippen molar-refractivity contribution >= 4 is 11.8 Å². The highest BCUT2D eigenvalue weighted by Gasteiger charge is 2.32. The minimum Gasteiger partial charge on any atom is -0.405 e. The number of rotatable bonds is 6. The molecule has 3 aromatic rings. The maximum absolute atomic E-state index is 12.7. The Morgan fingerprint density at radius 3 is 2.52 bits per heavy atom. The molecule has 3 rings (SSSR count). The standard InChI is InChI=1S/C21H21F3N4O3/c1-3-14-9-10-17(31-21(22,23)24)15(11-14)12-25-20(30)26-18-13(2)19(29)27-28(18)16-7-5-4-6-8-16/h4-11H,3,12H2,1-2H3,(H,27,29)(H2,25,26,30). The number of urea groups is 1. The highest BCUT2D eigenvalue weighted by Crippen LogP contribution is 2.27. The molecule has 0 atom stereocenters. The number of hydrogen-bond donors (Lipinski definition) is 3. The van der Waals surface area contributed by atoms with E-state index in [1.807, 2.05) is 13.0 Å². The number of carbonyl (C=O) groups is 1. The number of anilines is 1. The average molecular weight is 434 g/mol. The van der Waals surface area contributed by atoms with Gasteiger partial charge in [0.1, 0.15) is 11.6 Å². The third-order valence-corrected chi connectivity index (χ3v) is 4.58. The van der Waals surface area contributed by atoms with E-state index in [4.69, 9.17) is 0 Å². The van der Waals surface area contributed by atoms with Crippen molar-refractivity contribution in [3.8, 4) is 11.4 Å². The van der Waals surface area contributed by atoms with Gasteiger partial charge in [-0.25, -0.2) is 9.48 Å². The van der Waals surface area contributed by atoms with Crippen molar-refractivity contribution in [2.24, 2.45) is 0 Å². The second kappa shape index (κ2) is 8.99. The summed E-state index contributed by atoms with van der Waals surface area (Å²) in [5.41, 5.74) is 1.51. The van der Waals surface area contributed by atoms with E-state index in [0.29, 0.717) is 12.1 Å². The van der Waals surface area contributed by atoms with Gasteiger partial charge in [0.25, 0.3) is 5.56 Å². The van der Waals surface area contributed by atoms with E-state index in [1.165, 1.54) is 16.8 Å². The quantitative estimate of drug-likeness (QED) is 0.542. The number of aromatic amines is 1. The van der Waals surface area contributed by atoms with Gasteiger partial charge in [-0.2, -0.15) is 0 Å². The molecule has 0 saturated heterocycles. The Morgan fingerprint density at radius 2 is 1.87 bits per heavy atom. The van der Waals surface area contributed by atoms with Crippen molar-refractivity contribution in [1.29, 1.82) is 0 Å². The summed E-state index contributed by atoms with van der Waals surface area (Å²) in [6.07, 6.45) is -4.24. The summed E-state index contributed by atoms with van der Waals surface area (Å²) >= 11 is 0. The van der Waals surface area contributed by atoms with Gasteiger partial charge >= 0.3 is 12.4 Å². The number of benzene rings is 2. The van der Waals surface area contributed by atoms with Gasteiger partial charge in [-0.3, -0.25) is 15.2 Å². The lowest BCUT2D eigenvalue weighted by Gasteiger charge is -2.16. The van der Waals surface area contributed by atoms with Gasteiger partial charge in [0.2, 0.25) is 0 Å². The summed E-state index contributed by atoms with van der Waals surface area (Å²) in [6, 6.07) is 12.5. The molecule has 2 aromatic carbocycles. The van der Waals surface area contributed by atoms with Crippen LogP contribution in [0.2, 0.25) is 0 Å². The van der Waals surface area contributed by atoms with Crippen LogP contribution in [-0.4, -0.2) is 22.2 Å². The smallest absolute Gasteiger partial charge is 0.405 e. The highest BCUT2D eigenvalue weighted by atomic mass is 19.4. The summed E-state index contributed by atoms with van der Waals surface area (Å²) in [6.45, 7) is 3.21. The fourth-order valence-corrected chi connectivity index (χ4v) is 2.98. The number of ether oxygens (including phenoxy) is 1. The molecular weight excluding hydrogens is 413 g/mol. The van der Waals surface area contributed by atoms with Crippen LogP contribution in [0.5, 0.6) is 5.75 Å². The monoisotopic (exact) mass is 434 g/mol. The minimum absolute atomic E-state index is 0.179. The van der Waals surface area contributed by atoms with Gasteiger partial charge in [0.15, 0.2) is 0 Å². The van der Waals surface area contributed by atoms with Crippen molar-refractivity contribution in [3.63, 3.8) is 0 Å². The summed E-state index contributed by atoms with van der Waals surface area (Å²) in [4.78, 5) is 24.5. The first kappa shape index (κ1) is 22.0. The fourth-order valence-electron chi connectivity index (χ4n) is 2.98. The van der Waals surface area contributed by atoms with E-state index in [9.17, 15) is 22.8 Å². The first-order valence-corrected chi connectivity index (χ1v) is 9.47. The maximum atomic E-state index is 12.7. The van der Waals surface area contributed by atoms with E-state index < -0.39 is 12.4 Å². The average Bonchev–Trinajstić information content (AvgIpc) is 3.01. The van der Waals surface area contributed by atoms with Crippen LogP contribution in [0.3, 0.4) is 0 Å². The Morgan fingerprint density at radius 1 is 1.16 bits per heavy atom. The van der Waals surface area contributed by atoms with Crippen molar-refractivity contribution in [2.45, 2.75) is 33.2 Å². The van der Waals surface area contributed by atoms with Gasteiger partial charge in [-0.1, -0.05) is 37.3 Å². The lowest BCUT2D eigenvalue weighted by atomic mass is 10.1. The molecule has 0 aliphatic rings. The SMILES string of the molecule is CCc1ccc(OC(F)(F)F)c(CNC(=O)Nc2c(C)c(=O)[nH]n2-c2ccccc2)c1. The fraction of sp³-hybridized carbons (Fsp3) is 0.238. The Hall–Kier alpha value is -3.69. The summed E-state index contributed by atoms with van der Waals surface area (Å²) < 4.78 is 43.5. The van der Waals surface area contributed by atoms with Gasteiger partial charge in [-0.15, -0.1) is 13.2 Å². The van der Waals surface area contributed by atoms with E-state index in [2.05, 4.69) is 20.5 Å². The van der Waals surface area contributed by atoms with E-state index in [1.54, 1.807) is 37.3 Å². The Bertz CT molecular complexity index is 1120. The zero-order valence-corrected chi connectivity index (χ0v) is 16.8. The van der Waals surface area contributed by atoms with Crippen molar-refractivity contribution in [2.75, 3.05) is 5.32 Å². The second-order valence-corrected chi connectivity index (χ2v) is 6.74. The molecule has 164 valence electrons. The van der Waals surface area contributed by atoms with E-state index in [-0.39, 0.29) is 34.8 Å². The van der Waals surface area contributed by atoms with Gasteiger partial charge in [0, 0.05) is 12.1 Å². The minimum atomic E-state index is -4.85. The maximum Gasteiger partial charge on any atom is 0.573 e. The van der Waals surface area contributed by atoms with Crippen LogP contribution >= 0.6 is 0 Å². The summed E-state index contributed by atoms with van der Waals surface area (Å²) in [7, 11) is 0. The molecule has 1 heterocycles. The predicted molar refractivity (Wildman–Crippen MR) is 109 cm³/mol. The van der Waals surface area contributed by atoms with Crippen LogP contribution < -0.4 is 20.9 Å². The topological polar surface area (TPSA) is 88.2 Å². The Kier molecular flexibility index (Phi) is 6.38. The number of halogens is 3. The Labute approximate surface area is 175 Å². The molecule has 10 heteroatoms. The van der Waals surface area contributed by atoms with E-state index >= 15 is 0 Å². The summed E-state index contributed by atoms with van der Waals surface area (Å²) in [5.74, 6) is -0.160. The number of aromatic nitrogens is 2. The van der Waals surface area contributed by atoms with Crippen LogP contribution in [0.1, 0.15) is 23.6 Å². The normalized spacial score (nSPS) is 11.3. The molecule has 0 aliphatic heterocycles. The number of hydrogen-bond acceptors (Lipinski definition) is 3. The zero-order chi connectivity index (χ0) is 22.6. The Balaban J connectivity index is 1.78. The molecule has 0 spiro atoms. The zero-order valence-electron chi connectivity index (χ0n) is 16.8. The molecule has 2 amide bonds. The first-order chi connectivity index (χ1) is 14.7. The number of amides is 2. The first-order valence-electron chi connectivity index (χ1n) is 9.47. The van der Waals surface area contributed by atoms with Gasteiger partial charge in [0.05, 0.1) is 11.3 Å². The van der Waals surface area contributed by atoms with Crippen LogP contribution in [0.4, 0.5) is 23.8 Å². The molecule has 31 heavy (non-hydrogen) atoms. The third kappa shape index (κ3) is 5.47. The molecule has 7 nitrogen and oxygen atoms in total. The number of nitrogens with one attached hydrogen (secondary N) is 3. The number of para-hydroxylation sites is 1. The van der Waals surface area contributed by atoms with Gasteiger partial charge < -0.3 is 10.1 Å². The number of H-pyrrole nitrogens is 1. The van der Waals surface area contributed by atoms with Crippen molar-refractivity contribution in [1.82, 2.24) is 15.1 Å². The lowest BCUT2D eigenvalue weighted by molar-refractivity contribution is -0.274. The molecule has 0 saturated carbocycles. The van der Waals surface area contributed by atoms with Gasteiger partial charge in [-0.05, 0) is 37.1 Å². The van der Waals surface area contributed by atoms with Crippen molar-refractivity contribution in [3.05, 3.63) is 75.6 Å². The molecule has 0 radical (unpaired) electrons. The number of alkyl halides is 3. The molecular formula is C21H21F3N4O3. The van der Waals surface area contributed by atoms with Crippen LogP contribution in [0.25, 0.3) is 5.69 Å². The molecule has 1 aromatic heterocycles. The molecule has 0 aliphatic carbocycles. The van der Waals surface area contributed by atoms with Crippen LogP contribution in [-0.2, 0) is 13.0 Å². The summed E-state index contributed by atoms with van der Waals surface area (Å²) in [5, 5.41) is 7.73. The predicted octanol–water partition coefficient (Wildman–Crippen LogP) is 4.26.